The Hall–Kier alpha value is -0.790. The molecule has 0 amide bonds. The Morgan fingerprint density at radius 2 is 1.78 bits per heavy atom. The average Bonchev–Trinajstić information content (AvgIpc) is 2.61. The van der Waals surface area contributed by atoms with E-state index in [9.17, 15) is 14.6 Å². The minimum absolute atomic E-state index is 0. The predicted molar refractivity (Wildman–Crippen MR) is 109 cm³/mol. The number of aliphatic hydroxyl groups excluding tert-OH is 2. The van der Waals surface area contributed by atoms with Crippen LogP contribution in [0.2, 0.25) is 10.0 Å². The fourth-order valence-electron chi connectivity index (χ4n) is 2.33. The molecule has 2 rings (SSSR count). The summed E-state index contributed by atoms with van der Waals surface area (Å²) in [5.74, 6) is -0.135. The Morgan fingerprint density at radius 3 is 2.37 bits per heavy atom. The second kappa shape index (κ2) is 11.3. The molecule has 0 aliphatic heterocycles. The smallest absolute Gasteiger partial charge is 0.132 e. The van der Waals surface area contributed by atoms with Gasteiger partial charge in [-0.05, 0) is 36.2 Å². The number of alkyl halides is 1. The van der Waals surface area contributed by atoms with Gasteiger partial charge in [0.1, 0.15) is 24.3 Å². The molecule has 0 aromatic heterocycles. The second-order valence-electron chi connectivity index (χ2n) is 5.77. The highest BCUT2D eigenvalue weighted by Crippen LogP contribution is 2.33. The lowest BCUT2D eigenvalue weighted by atomic mass is 9.96. The van der Waals surface area contributed by atoms with Crippen LogP contribution in [0.1, 0.15) is 29.7 Å². The van der Waals surface area contributed by atoms with E-state index < -0.39 is 24.1 Å². The first kappa shape index (κ1) is 24.2. The minimum atomic E-state index is -1.29. The summed E-state index contributed by atoms with van der Waals surface area (Å²) in [6.45, 7) is -0.00313. The zero-order valence-electron chi connectivity index (χ0n) is 14.1. The molecule has 27 heavy (non-hydrogen) atoms. The van der Waals surface area contributed by atoms with Crippen molar-refractivity contribution in [2.24, 2.45) is 5.73 Å². The quantitative estimate of drug-likeness (QED) is 0.503. The molecule has 150 valence electrons. The van der Waals surface area contributed by atoms with E-state index in [1.54, 1.807) is 12.1 Å². The average molecular weight is 459 g/mol. The zero-order chi connectivity index (χ0) is 19.3. The van der Waals surface area contributed by atoms with Gasteiger partial charge in [-0.3, -0.25) is 0 Å². The molecule has 0 aliphatic rings. The van der Waals surface area contributed by atoms with Crippen LogP contribution in [0.5, 0.6) is 5.75 Å². The molecule has 0 radical (unpaired) electrons. The lowest BCUT2D eigenvalue weighted by molar-refractivity contribution is 0.104. The van der Waals surface area contributed by atoms with E-state index in [0.29, 0.717) is 27.9 Å². The van der Waals surface area contributed by atoms with Gasteiger partial charge in [-0.2, -0.15) is 0 Å². The summed E-state index contributed by atoms with van der Waals surface area (Å²) in [6, 6.07) is 7.84. The highest BCUT2D eigenvalue weighted by atomic mass is 35.5. The molecule has 0 heterocycles. The van der Waals surface area contributed by atoms with E-state index in [4.69, 9.17) is 45.3 Å². The number of rotatable bonds is 8. The van der Waals surface area contributed by atoms with Crippen molar-refractivity contribution < 1.29 is 19.3 Å². The van der Waals surface area contributed by atoms with Crippen LogP contribution in [0, 0.1) is 5.82 Å². The summed E-state index contributed by atoms with van der Waals surface area (Å²) in [5, 5.41) is 20.7. The Bertz CT molecular complexity index is 751. The third kappa shape index (κ3) is 6.64. The monoisotopic (exact) mass is 457 g/mol. The molecule has 0 fully saturated rings. The summed E-state index contributed by atoms with van der Waals surface area (Å²) in [4.78, 5) is 0. The Kier molecular flexibility index (Phi) is 10.1. The van der Waals surface area contributed by atoms with Gasteiger partial charge in [-0.15, -0.1) is 24.0 Å². The molecule has 0 aliphatic carbocycles. The minimum Gasteiger partial charge on any atom is -0.491 e. The Labute approximate surface area is 178 Å². The van der Waals surface area contributed by atoms with Crippen molar-refractivity contribution in [3.63, 3.8) is 0 Å². The maximum absolute atomic E-state index is 14.4. The third-order valence-electron chi connectivity index (χ3n) is 3.84. The van der Waals surface area contributed by atoms with E-state index in [0.717, 1.165) is 6.07 Å². The number of benzene rings is 2. The van der Waals surface area contributed by atoms with Crippen molar-refractivity contribution in [3.8, 4) is 5.75 Å². The van der Waals surface area contributed by atoms with Gasteiger partial charge in [-0.1, -0.05) is 29.3 Å². The van der Waals surface area contributed by atoms with Crippen molar-refractivity contribution in [2.45, 2.75) is 24.7 Å². The van der Waals surface area contributed by atoms with E-state index in [2.05, 4.69) is 0 Å². The summed E-state index contributed by atoms with van der Waals surface area (Å²) in [7, 11) is 0. The van der Waals surface area contributed by atoms with Crippen molar-refractivity contribution >= 4 is 47.2 Å². The molecule has 0 bridgehead atoms. The van der Waals surface area contributed by atoms with Crippen LogP contribution in [0.25, 0.3) is 0 Å². The highest BCUT2D eigenvalue weighted by Gasteiger charge is 2.23. The third-order valence-corrected chi connectivity index (χ3v) is 4.80. The first-order valence-electron chi connectivity index (χ1n) is 7.88. The molecule has 4 nitrogen and oxygen atoms in total. The fourth-order valence-corrected chi connectivity index (χ4v) is 2.89. The lowest BCUT2D eigenvalue weighted by Crippen LogP contribution is -2.21. The first-order valence-corrected chi connectivity index (χ1v) is 9.17. The van der Waals surface area contributed by atoms with Gasteiger partial charge in [0.15, 0.2) is 0 Å². The molecular formula is C18H20Cl4FNO3. The van der Waals surface area contributed by atoms with Gasteiger partial charge in [0.25, 0.3) is 0 Å². The fraction of sp³-hybridized carbons (Fsp3) is 0.333. The molecule has 9 heteroatoms. The molecule has 0 saturated heterocycles. The molecular weight excluding hydrogens is 439 g/mol. The normalized spacial score (nSPS) is 14.2. The van der Waals surface area contributed by atoms with Crippen molar-refractivity contribution in [3.05, 3.63) is 63.4 Å². The van der Waals surface area contributed by atoms with Crippen LogP contribution in [-0.4, -0.2) is 28.8 Å². The molecule has 0 spiro atoms. The standard InChI is InChI=1S/C18H19Cl3FNO3.ClH/c19-6-5-11(24)9-26-12-2-3-13(16(22)8-12)18(25)17(23)10-1-4-14(20)15(21)7-10;/h1-4,7-8,11,17-18,24-25H,5-6,9,23H2;1H/t11?,17-,18+;/m0./s1. The van der Waals surface area contributed by atoms with E-state index in [1.165, 1.54) is 18.2 Å². The van der Waals surface area contributed by atoms with Crippen molar-refractivity contribution in [1.82, 2.24) is 0 Å². The van der Waals surface area contributed by atoms with Crippen LogP contribution >= 0.6 is 47.2 Å². The molecule has 2 aromatic carbocycles. The Morgan fingerprint density at radius 1 is 1.07 bits per heavy atom. The van der Waals surface area contributed by atoms with Crippen LogP contribution in [-0.2, 0) is 0 Å². The highest BCUT2D eigenvalue weighted by molar-refractivity contribution is 6.42. The summed E-state index contributed by atoms with van der Waals surface area (Å²) in [6.07, 6.45) is -1.65. The maximum Gasteiger partial charge on any atom is 0.132 e. The van der Waals surface area contributed by atoms with Crippen LogP contribution in [0.4, 0.5) is 4.39 Å². The Balaban J connectivity index is 0.00000364. The summed E-state index contributed by atoms with van der Waals surface area (Å²) in [5.41, 5.74) is 6.58. The van der Waals surface area contributed by atoms with Gasteiger partial charge >= 0.3 is 0 Å². The van der Waals surface area contributed by atoms with Gasteiger partial charge in [-0.25, -0.2) is 4.39 Å². The van der Waals surface area contributed by atoms with Gasteiger partial charge in [0.05, 0.1) is 22.2 Å². The molecule has 1 unspecified atom stereocenters. The number of aliphatic hydroxyl groups is 2. The van der Waals surface area contributed by atoms with E-state index in [1.807, 2.05) is 0 Å². The zero-order valence-corrected chi connectivity index (χ0v) is 17.2. The molecule has 4 N–H and O–H groups in total. The largest absolute Gasteiger partial charge is 0.491 e. The van der Waals surface area contributed by atoms with Crippen molar-refractivity contribution in [2.75, 3.05) is 12.5 Å². The number of hydrogen-bond acceptors (Lipinski definition) is 4. The SMILES string of the molecule is Cl.N[C@@H](c1ccc(Cl)c(Cl)c1)[C@H](O)c1ccc(OCC(O)CCCl)cc1F. The van der Waals surface area contributed by atoms with E-state index in [-0.39, 0.29) is 30.3 Å². The van der Waals surface area contributed by atoms with Crippen LogP contribution in [0.15, 0.2) is 36.4 Å². The summed E-state index contributed by atoms with van der Waals surface area (Å²) < 4.78 is 19.7. The molecule has 3 atom stereocenters. The second-order valence-corrected chi connectivity index (χ2v) is 6.96. The van der Waals surface area contributed by atoms with Gasteiger partial charge < -0.3 is 20.7 Å². The van der Waals surface area contributed by atoms with Gasteiger partial charge in [0.2, 0.25) is 0 Å². The molecule has 0 saturated carbocycles. The van der Waals surface area contributed by atoms with Crippen LogP contribution in [0.3, 0.4) is 0 Å². The molecule has 2 aromatic rings. The van der Waals surface area contributed by atoms with Crippen LogP contribution < -0.4 is 10.5 Å². The van der Waals surface area contributed by atoms with Gasteiger partial charge in [0, 0.05) is 17.5 Å². The van der Waals surface area contributed by atoms with Crippen molar-refractivity contribution in [1.29, 1.82) is 0 Å². The number of halogens is 5. The number of hydrogen-bond donors (Lipinski definition) is 3. The summed E-state index contributed by atoms with van der Waals surface area (Å²) >= 11 is 17.3. The topological polar surface area (TPSA) is 75.7 Å². The first-order chi connectivity index (χ1) is 12.3. The lowest BCUT2D eigenvalue weighted by Gasteiger charge is -2.21. The predicted octanol–water partition coefficient (Wildman–Crippen LogP) is 4.66. The maximum atomic E-state index is 14.4. The van der Waals surface area contributed by atoms with E-state index >= 15 is 0 Å². The number of nitrogens with two attached hydrogens (primary N) is 1. The number of ether oxygens (including phenoxy) is 1.